The lowest BCUT2D eigenvalue weighted by Crippen LogP contribution is -2.42. The molecule has 0 radical (unpaired) electrons. The highest BCUT2D eigenvalue weighted by Gasteiger charge is 2.46. The predicted molar refractivity (Wildman–Crippen MR) is 148 cm³/mol. The summed E-state index contributed by atoms with van der Waals surface area (Å²) in [5.74, 6) is 0.0467. The van der Waals surface area contributed by atoms with E-state index >= 15 is 0 Å². The van der Waals surface area contributed by atoms with Crippen LogP contribution >= 0.6 is 0 Å². The van der Waals surface area contributed by atoms with Gasteiger partial charge < -0.3 is 24.2 Å². The topological polar surface area (TPSA) is 88.5 Å². The average molecular weight is 535 g/mol. The van der Waals surface area contributed by atoms with Crippen molar-refractivity contribution in [2.45, 2.75) is 51.7 Å². The molecule has 2 aromatic carbocycles. The molecular weight excluding hydrogens is 496 g/mol. The zero-order chi connectivity index (χ0) is 27.4. The van der Waals surface area contributed by atoms with E-state index in [9.17, 15) is 14.7 Å². The molecule has 0 saturated carbocycles. The van der Waals surface area contributed by atoms with E-state index < -0.39 is 17.7 Å². The number of benzene rings is 2. The first kappa shape index (κ1) is 27.2. The van der Waals surface area contributed by atoms with Gasteiger partial charge in [-0.2, -0.15) is 0 Å². The minimum absolute atomic E-state index is 0.0585. The summed E-state index contributed by atoms with van der Waals surface area (Å²) in [5.41, 5.74) is 2.34. The highest BCUT2D eigenvalue weighted by molar-refractivity contribution is 6.46. The van der Waals surface area contributed by atoms with E-state index in [1.807, 2.05) is 43.3 Å². The number of ether oxygens (including phenoxy) is 3. The number of nitrogens with zero attached hydrogens (tertiary/aromatic N) is 2. The second-order valence-electron chi connectivity index (χ2n) is 10.5. The Bertz CT molecular complexity index is 1240. The van der Waals surface area contributed by atoms with E-state index in [1.54, 1.807) is 11.0 Å². The van der Waals surface area contributed by atoms with E-state index in [0.29, 0.717) is 44.2 Å². The summed E-state index contributed by atoms with van der Waals surface area (Å²) in [6.45, 7) is 8.60. The molecule has 3 aliphatic heterocycles. The molecule has 5 rings (SSSR count). The lowest BCUT2D eigenvalue weighted by atomic mass is 9.94. The van der Waals surface area contributed by atoms with E-state index in [2.05, 4.69) is 11.8 Å². The van der Waals surface area contributed by atoms with Crippen molar-refractivity contribution in [3.63, 3.8) is 0 Å². The summed E-state index contributed by atoms with van der Waals surface area (Å²) in [5, 5.41) is 11.5. The number of rotatable bonds is 10. The molecule has 208 valence electrons. The quantitative estimate of drug-likeness (QED) is 0.210. The lowest BCUT2D eigenvalue weighted by molar-refractivity contribution is -0.140. The van der Waals surface area contributed by atoms with Crippen LogP contribution in [0.5, 0.6) is 11.5 Å². The van der Waals surface area contributed by atoms with Crippen LogP contribution in [0.25, 0.3) is 5.76 Å². The molecule has 0 aliphatic carbocycles. The van der Waals surface area contributed by atoms with Crippen LogP contribution in [-0.4, -0.2) is 78.7 Å². The number of hydrogen-bond donors (Lipinski definition) is 1. The Morgan fingerprint density at radius 3 is 2.69 bits per heavy atom. The highest BCUT2D eigenvalue weighted by Crippen LogP contribution is 2.41. The predicted octanol–water partition coefficient (Wildman–Crippen LogP) is 4.33. The fourth-order valence-corrected chi connectivity index (χ4v) is 5.57. The standard InChI is InChI=1S/C31H38N2O6/c1-3-4-5-15-38-25-8-6-7-22(20-25)28-27(29(34)23-9-10-26-24(19-23)18-21(2)39-26)30(35)31(36)33(28)12-11-32-13-16-37-17-14-32/h6-10,19-21,28,34H,3-5,11-18H2,1-2H3/b29-27+/t21-,28+/m0/s1. The highest BCUT2D eigenvalue weighted by atomic mass is 16.5. The molecule has 8 nitrogen and oxygen atoms in total. The summed E-state index contributed by atoms with van der Waals surface area (Å²) in [7, 11) is 0. The van der Waals surface area contributed by atoms with Gasteiger partial charge in [0, 0.05) is 38.2 Å². The number of carbonyl (C=O) groups excluding carboxylic acids is 2. The maximum Gasteiger partial charge on any atom is 0.295 e. The summed E-state index contributed by atoms with van der Waals surface area (Å²) in [6.07, 6.45) is 3.94. The van der Waals surface area contributed by atoms with Crippen molar-refractivity contribution in [1.29, 1.82) is 0 Å². The molecule has 3 aliphatic rings. The number of unbranched alkanes of at least 4 members (excludes halogenated alkanes) is 2. The third kappa shape index (κ3) is 5.97. The second kappa shape index (κ2) is 12.2. The maximum absolute atomic E-state index is 13.5. The van der Waals surface area contributed by atoms with Crippen molar-refractivity contribution in [3.05, 3.63) is 64.7 Å². The Hall–Kier alpha value is -3.36. The number of morpholine rings is 1. The van der Waals surface area contributed by atoms with Crippen molar-refractivity contribution in [1.82, 2.24) is 9.80 Å². The minimum Gasteiger partial charge on any atom is -0.507 e. The Kier molecular flexibility index (Phi) is 8.53. The van der Waals surface area contributed by atoms with Crippen LogP contribution in [0.1, 0.15) is 55.8 Å². The number of amides is 1. The van der Waals surface area contributed by atoms with Gasteiger partial charge in [-0.05, 0) is 54.8 Å². The summed E-state index contributed by atoms with van der Waals surface area (Å²) >= 11 is 0. The number of fused-ring (bicyclic) bond motifs is 1. The first-order chi connectivity index (χ1) is 19.0. The number of Topliss-reactive ketones (excluding diaryl/α,β-unsaturated/α-hetero) is 1. The average Bonchev–Trinajstić information content (AvgIpc) is 3.45. The number of carbonyl (C=O) groups is 2. The van der Waals surface area contributed by atoms with Crippen molar-refractivity contribution < 1.29 is 28.9 Å². The van der Waals surface area contributed by atoms with Crippen LogP contribution in [-0.2, 0) is 20.7 Å². The van der Waals surface area contributed by atoms with Gasteiger partial charge in [-0.15, -0.1) is 0 Å². The molecule has 2 fully saturated rings. The SMILES string of the molecule is CCCCCOc1cccc([C@@H]2/C(=C(\O)c3ccc4c(c3)C[C@H](C)O4)C(=O)C(=O)N2CCN2CCOCC2)c1. The Labute approximate surface area is 230 Å². The van der Waals surface area contributed by atoms with Crippen molar-refractivity contribution in [3.8, 4) is 11.5 Å². The second-order valence-corrected chi connectivity index (χ2v) is 10.5. The van der Waals surface area contributed by atoms with Crippen LogP contribution in [0.3, 0.4) is 0 Å². The molecule has 2 saturated heterocycles. The number of aliphatic hydroxyl groups is 1. The zero-order valence-electron chi connectivity index (χ0n) is 22.9. The van der Waals surface area contributed by atoms with Gasteiger partial charge in [-0.25, -0.2) is 0 Å². The first-order valence-corrected chi connectivity index (χ1v) is 14.1. The van der Waals surface area contributed by atoms with Gasteiger partial charge >= 0.3 is 0 Å². The molecule has 1 amide bonds. The fourth-order valence-electron chi connectivity index (χ4n) is 5.57. The molecule has 8 heteroatoms. The van der Waals surface area contributed by atoms with Gasteiger partial charge in [-0.3, -0.25) is 14.5 Å². The van der Waals surface area contributed by atoms with Gasteiger partial charge in [0.05, 0.1) is 31.4 Å². The number of likely N-dealkylation sites (tertiary alicyclic amines) is 1. The van der Waals surface area contributed by atoms with Gasteiger partial charge in [0.1, 0.15) is 23.4 Å². The fraction of sp³-hybridized carbons (Fsp3) is 0.484. The minimum atomic E-state index is -0.714. The molecule has 0 spiro atoms. The summed E-state index contributed by atoms with van der Waals surface area (Å²) < 4.78 is 17.3. The van der Waals surface area contributed by atoms with Crippen LogP contribution in [0.2, 0.25) is 0 Å². The third-order valence-electron chi connectivity index (χ3n) is 7.66. The number of ketones is 1. The largest absolute Gasteiger partial charge is 0.507 e. The Morgan fingerprint density at radius 2 is 1.90 bits per heavy atom. The molecule has 0 unspecified atom stereocenters. The van der Waals surface area contributed by atoms with Gasteiger partial charge in [0.15, 0.2) is 0 Å². The van der Waals surface area contributed by atoms with Gasteiger partial charge in [-0.1, -0.05) is 31.9 Å². The lowest BCUT2D eigenvalue weighted by Gasteiger charge is -2.31. The Morgan fingerprint density at radius 1 is 1.08 bits per heavy atom. The third-order valence-corrected chi connectivity index (χ3v) is 7.66. The zero-order valence-corrected chi connectivity index (χ0v) is 22.9. The first-order valence-electron chi connectivity index (χ1n) is 14.1. The molecule has 0 bridgehead atoms. The summed E-state index contributed by atoms with van der Waals surface area (Å²) in [4.78, 5) is 30.7. The molecule has 3 heterocycles. The Balaban J connectivity index is 1.49. The van der Waals surface area contributed by atoms with Gasteiger partial charge in [0.25, 0.3) is 11.7 Å². The molecule has 2 atom stereocenters. The monoisotopic (exact) mass is 534 g/mol. The van der Waals surface area contributed by atoms with Crippen LogP contribution in [0.15, 0.2) is 48.0 Å². The van der Waals surface area contributed by atoms with Crippen molar-refractivity contribution in [2.24, 2.45) is 0 Å². The van der Waals surface area contributed by atoms with Crippen molar-refractivity contribution >= 4 is 17.4 Å². The molecule has 0 aromatic heterocycles. The van der Waals surface area contributed by atoms with E-state index in [1.165, 1.54) is 0 Å². The van der Waals surface area contributed by atoms with Crippen LogP contribution < -0.4 is 9.47 Å². The molecule has 1 N–H and O–H groups in total. The smallest absolute Gasteiger partial charge is 0.295 e. The normalized spacial score (nSPS) is 22.7. The van der Waals surface area contributed by atoms with E-state index in [-0.39, 0.29) is 17.4 Å². The van der Waals surface area contributed by atoms with Crippen LogP contribution in [0, 0.1) is 0 Å². The molecular formula is C31H38N2O6. The maximum atomic E-state index is 13.5. The number of hydrogen-bond acceptors (Lipinski definition) is 7. The summed E-state index contributed by atoms with van der Waals surface area (Å²) in [6, 6.07) is 12.3. The van der Waals surface area contributed by atoms with Crippen molar-refractivity contribution in [2.75, 3.05) is 46.0 Å². The van der Waals surface area contributed by atoms with Gasteiger partial charge in [0.2, 0.25) is 0 Å². The molecule has 39 heavy (non-hydrogen) atoms. The van der Waals surface area contributed by atoms with Crippen LogP contribution in [0.4, 0.5) is 0 Å². The molecule has 2 aromatic rings. The van der Waals surface area contributed by atoms with E-state index in [0.717, 1.165) is 55.6 Å². The van der Waals surface area contributed by atoms with E-state index in [4.69, 9.17) is 14.2 Å². The number of aliphatic hydroxyl groups excluding tert-OH is 1.